The minimum absolute atomic E-state index is 0.305. The van der Waals surface area contributed by atoms with E-state index in [1.807, 2.05) is 0 Å². The molecule has 7 heavy (non-hydrogen) atoms. The predicted molar refractivity (Wildman–Crippen MR) is 45.2 cm³/mol. The average Bonchev–Trinajstić information content (AvgIpc) is 1.30. The van der Waals surface area contributed by atoms with Crippen LogP contribution in [0.4, 0.5) is 0 Å². The maximum atomic E-state index is 3.30. The third-order valence-electron chi connectivity index (χ3n) is 0.422. The van der Waals surface area contributed by atoms with Crippen molar-refractivity contribution in [3.05, 3.63) is 0 Å². The van der Waals surface area contributed by atoms with E-state index in [1.165, 1.54) is 0 Å². The second-order valence-electron chi connectivity index (χ2n) is 2.47. The summed E-state index contributed by atoms with van der Waals surface area (Å²) < 4.78 is 0. The summed E-state index contributed by atoms with van der Waals surface area (Å²) in [6.45, 7) is 6.50. The molecule has 0 fully saturated rings. The number of rotatable bonds is 1. The first-order valence-corrected chi connectivity index (χ1v) is 6.30. The van der Waals surface area contributed by atoms with E-state index in [2.05, 4.69) is 47.9 Å². The molecule has 0 aliphatic carbocycles. The zero-order valence-electron chi connectivity index (χ0n) is 4.88. The molecule has 0 saturated heterocycles. The van der Waals surface area contributed by atoms with Gasteiger partial charge in [0.1, 0.15) is 0 Å². The molecular formula is C4H11INP. The molecule has 0 aromatic rings. The van der Waals surface area contributed by atoms with Gasteiger partial charge in [0.2, 0.25) is 0 Å². The molecule has 1 N–H and O–H groups in total. The summed E-state index contributed by atoms with van der Waals surface area (Å²) in [4.78, 5) is 0. The molecule has 0 aromatic carbocycles. The molecular weight excluding hydrogens is 220 g/mol. The molecule has 1 unspecified atom stereocenters. The Labute approximate surface area is 60.0 Å². The smallest absolute Gasteiger partial charge is 0.0138 e. The van der Waals surface area contributed by atoms with Crippen LogP contribution in [0.1, 0.15) is 20.8 Å². The van der Waals surface area contributed by atoms with Crippen molar-refractivity contribution in [1.82, 2.24) is 5.09 Å². The molecule has 0 saturated carbocycles. The van der Waals surface area contributed by atoms with Gasteiger partial charge in [0.15, 0.2) is 0 Å². The lowest BCUT2D eigenvalue weighted by atomic mass is 10.1. The first kappa shape index (κ1) is 8.12. The number of hydrogen-bond acceptors (Lipinski definition) is 1. The van der Waals surface area contributed by atoms with Crippen LogP contribution >= 0.6 is 28.4 Å². The summed E-state index contributed by atoms with van der Waals surface area (Å²) in [7, 11) is 0. The number of halogens is 1. The van der Waals surface area contributed by atoms with Gasteiger partial charge in [0.05, 0.1) is 0 Å². The van der Waals surface area contributed by atoms with Crippen LogP contribution in [0.15, 0.2) is 0 Å². The van der Waals surface area contributed by atoms with E-state index in [4.69, 9.17) is 0 Å². The van der Waals surface area contributed by atoms with Crippen molar-refractivity contribution >= 4 is 28.4 Å². The summed E-state index contributed by atoms with van der Waals surface area (Å²) in [6.07, 6.45) is 0.829. The standard InChI is InChI=1S/C4H11INP/c1-4(2,3)6-7-5/h6-7H,1-3H3. The quantitative estimate of drug-likeness (QED) is 0.539. The molecule has 0 aliphatic rings. The maximum Gasteiger partial charge on any atom is 0.0138 e. The second kappa shape index (κ2) is 3.21. The van der Waals surface area contributed by atoms with Gasteiger partial charge in [-0.1, -0.05) is 0 Å². The topological polar surface area (TPSA) is 12.0 Å². The lowest BCUT2D eigenvalue weighted by Gasteiger charge is -2.17. The highest BCUT2D eigenvalue weighted by atomic mass is 127. The Kier molecular flexibility index (Phi) is 3.72. The van der Waals surface area contributed by atoms with Crippen molar-refractivity contribution in [1.29, 1.82) is 0 Å². The van der Waals surface area contributed by atoms with Crippen LogP contribution in [0.2, 0.25) is 0 Å². The van der Waals surface area contributed by atoms with Crippen molar-refractivity contribution in [2.75, 3.05) is 0 Å². The molecule has 0 rings (SSSR count). The lowest BCUT2D eigenvalue weighted by molar-refractivity contribution is 0.535. The van der Waals surface area contributed by atoms with E-state index in [1.54, 1.807) is 0 Å². The summed E-state index contributed by atoms with van der Waals surface area (Å²) in [5.74, 6) is 0. The van der Waals surface area contributed by atoms with Gasteiger partial charge < -0.3 is 0 Å². The van der Waals surface area contributed by atoms with Crippen LogP contribution in [0.5, 0.6) is 0 Å². The monoisotopic (exact) mass is 231 g/mol. The van der Waals surface area contributed by atoms with E-state index >= 15 is 0 Å². The minimum atomic E-state index is 0.305. The van der Waals surface area contributed by atoms with Crippen LogP contribution in [0.25, 0.3) is 0 Å². The molecule has 1 atom stereocenters. The Morgan fingerprint density at radius 3 is 1.86 bits per heavy atom. The average molecular weight is 231 g/mol. The van der Waals surface area contributed by atoms with Crippen molar-refractivity contribution in [3.63, 3.8) is 0 Å². The first-order chi connectivity index (χ1) is 3.06. The van der Waals surface area contributed by atoms with Crippen LogP contribution in [-0.4, -0.2) is 5.54 Å². The zero-order chi connectivity index (χ0) is 5.91. The molecule has 0 spiro atoms. The first-order valence-electron chi connectivity index (χ1n) is 2.19. The molecule has 44 valence electrons. The van der Waals surface area contributed by atoms with Crippen LogP contribution in [0.3, 0.4) is 0 Å². The molecule has 1 nitrogen and oxygen atoms in total. The Hall–Kier alpha value is 1.12. The van der Waals surface area contributed by atoms with Crippen LogP contribution in [-0.2, 0) is 0 Å². The Morgan fingerprint density at radius 2 is 1.86 bits per heavy atom. The van der Waals surface area contributed by atoms with Gasteiger partial charge in [-0.3, -0.25) is 5.09 Å². The fourth-order valence-electron chi connectivity index (χ4n) is 0.142. The van der Waals surface area contributed by atoms with Gasteiger partial charge in [-0.2, -0.15) is 0 Å². The number of nitrogens with one attached hydrogen (secondary N) is 1. The van der Waals surface area contributed by atoms with E-state index in [0.29, 0.717) is 5.54 Å². The highest BCUT2D eigenvalue weighted by Crippen LogP contribution is 2.19. The molecule has 0 aromatic heterocycles. The van der Waals surface area contributed by atoms with Gasteiger partial charge in [0, 0.05) is 11.9 Å². The molecule has 3 heteroatoms. The lowest BCUT2D eigenvalue weighted by Crippen LogP contribution is -2.27. The number of hydrogen-bond donors (Lipinski definition) is 1. The van der Waals surface area contributed by atoms with Crippen molar-refractivity contribution in [2.45, 2.75) is 26.3 Å². The summed E-state index contributed by atoms with van der Waals surface area (Å²) >= 11 is 2.33. The highest BCUT2D eigenvalue weighted by molar-refractivity contribution is 14.2. The van der Waals surface area contributed by atoms with E-state index in [-0.39, 0.29) is 0 Å². The zero-order valence-corrected chi connectivity index (χ0v) is 8.04. The minimum Gasteiger partial charge on any atom is -0.285 e. The maximum absolute atomic E-state index is 3.30. The van der Waals surface area contributed by atoms with E-state index in [9.17, 15) is 0 Å². The summed E-state index contributed by atoms with van der Waals surface area (Å²) in [6, 6.07) is 0. The van der Waals surface area contributed by atoms with Crippen molar-refractivity contribution < 1.29 is 0 Å². The molecule has 0 bridgehead atoms. The molecule has 0 radical (unpaired) electrons. The third kappa shape index (κ3) is 7.12. The SMILES string of the molecule is CC(C)(C)NPI. The fraction of sp³-hybridized carbons (Fsp3) is 1.00. The van der Waals surface area contributed by atoms with Gasteiger partial charge in [0.25, 0.3) is 0 Å². The molecule has 0 heterocycles. The molecule has 0 aliphatic heterocycles. The third-order valence-corrected chi connectivity index (χ3v) is 2.08. The normalized spacial score (nSPS) is 13.7. The van der Waals surface area contributed by atoms with Gasteiger partial charge in [-0.15, -0.1) is 0 Å². The van der Waals surface area contributed by atoms with Crippen molar-refractivity contribution in [2.24, 2.45) is 0 Å². The summed E-state index contributed by atoms with van der Waals surface area (Å²) in [5, 5.41) is 3.30. The van der Waals surface area contributed by atoms with Gasteiger partial charge in [-0.25, -0.2) is 0 Å². The van der Waals surface area contributed by atoms with Gasteiger partial charge in [-0.05, 0) is 42.8 Å². The Bertz CT molecular complexity index is 50.1. The highest BCUT2D eigenvalue weighted by Gasteiger charge is 2.05. The van der Waals surface area contributed by atoms with Gasteiger partial charge >= 0.3 is 0 Å². The molecule has 0 amide bonds. The van der Waals surface area contributed by atoms with E-state index in [0.717, 1.165) is 6.37 Å². The second-order valence-corrected chi connectivity index (χ2v) is 4.53. The van der Waals surface area contributed by atoms with Crippen molar-refractivity contribution in [3.8, 4) is 0 Å². The summed E-state index contributed by atoms with van der Waals surface area (Å²) in [5.41, 5.74) is 0.305. The van der Waals surface area contributed by atoms with E-state index < -0.39 is 0 Å². The predicted octanol–water partition coefficient (Wildman–Crippen LogP) is 2.32. The largest absolute Gasteiger partial charge is 0.285 e. The Morgan fingerprint density at radius 1 is 1.43 bits per heavy atom. The van der Waals surface area contributed by atoms with Crippen LogP contribution in [0, 0.1) is 0 Å². The Balaban J connectivity index is 3.15. The fourth-order valence-corrected chi connectivity index (χ4v) is 2.85. The van der Waals surface area contributed by atoms with Crippen LogP contribution < -0.4 is 5.09 Å².